The minimum absolute atomic E-state index is 0.0241. The summed E-state index contributed by atoms with van der Waals surface area (Å²) in [6.45, 7) is 4.75. The second kappa shape index (κ2) is 2.87. The lowest BCUT2D eigenvalue weighted by molar-refractivity contribution is -0.133. The summed E-state index contributed by atoms with van der Waals surface area (Å²) in [6.07, 6.45) is 0. The Balaban J connectivity index is 2.11. The van der Waals surface area contributed by atoms with Gasteiger partial charge in [0.15, 0.2) is 0 Å². The van der Waals surface area contributed by atoms with Crippen LogP contribution in [-0.2, 0) is 9.59 Å². The molecule has 0 amide bonds. The van der Waals surface area contributed by atoms with E-state index in [1.165, 1.54) is 0 Å². The predicted octanol–water partition coefficient (Wildman–Crippen LogP) is -0.187. The van der Waals surface area contributed by atoms with E-state index in [2.05, 4.69) is 0 Å². The number of carbonyl (C=O) groups is 2. The van der Waals surface area contributed by atoms with Gasteiger partial charge in [-0.15, -0.1) is 0 Å². The summed E-state index contributed by atoms with van der Waals surface area (Å²) in [7, 11) is 0. The van der Waals surface area contributed by atoms with Gasteiger partial charge in [-0.3, -0.25) is 9.59 Å². The number of carbonyl (C=O) groups excluding carboxylic acids is 2. The molecular weight excluding hydrogens is 208 g/mol. The Morgan fingerprint density at radius 3 is 1.88 bits per heavy atom. The maximum atomic E-state index is 11.9. The lowest BCUT2D eigenvalue weighted by Crippen LogP contribution is -2.31. The zero-order valence-electron chi connectivity index (χ0n) is 8.99. The van der Waals surface area contributed by atoms with Gasteiger partial charge in [0.05, 0.1) is 5.70 Å². The van der Waals surface area contributed by atoms with Crippen LogP contribution in [0.15, 0.2) is 22.7 Å². The lowest BCUT2D eigenvalue weighted by atomic mass is 9.97. The molecular formula is C11H12N2O3. The van der Waals surface area contributed by atoms with E-state index >= 15 is 0 Å². The molecule has 2 heterocycles. The Morgan fingerprint density at radius 2 is 1.38 bits per heavy atom. The predicted molar refractivity (Wildman–Crippen MR) is 55.5 cm³/mol. The molecule has 5 heteroatoms. The molecule has 0 bridgehead atoms. The molecule has 1 N–H and O–H groups in total. The molecule has 3 rings (SSSR count). The fourth-order valence-corrected chi connectivity index (χ4v) is 2.00. The number of aliphatic hydroxyl groups is 1. The number of allylic oxidation sites excluding steroid dienone is 3. The van der Waals surface area contributed by atoms with Crippen LogP contribution in [0.4, 0.5) is 0 Å². The fourth-order valence-electron chi connectivity index (χ4n) is 2.00. The van der Waals surface area contributed by atoms with E-state index in [0.717, 1.165) is 26.2 Å². The molecule has 0 unspecified atom stereocenters. The highest BCUT2D eigenvalue weighted by atomic mass is 16.3. The second-order valence-corrected chi connectivity index (χ2v) is 4.30. The standard InChI is InChI=1S/C11H12N2O3/c1-6-7(12-2-3-12)10(15)11(16)8(9(6)14)13-4-5-13/h14H,2-5H2,1H3. The van der Waals surface area contributed by atoms with Crippen LogP contribution in [0.25, 0.3) is 0 Å². The van der Waals surface area contributed by atoms with Gasteiger partial charge in [0.25, 0.3) is 11.6 Å². The Kier molecular flexibility index (Phi) is 1.70. The minimum atomic E-state index is -0.567. The zero-order chi connectivity index (χ0) is 11.4. The summed E-state index contributed by atoms with van der Waals surface area (Å²) in [6, 6.07) is 0. The van der Waals surface area contributed by atoms with Gasteiger partial charge in [0.2, 0.25) is 0 Å². The van der Waals surface area contributed by atoms with Crippen LogP contribution in [0.2, 0.25) is 0 Å². The summed E-state index contributed by atoms with van der Waals surface area (Å²) in [4.78, 5) is 27.3. The topological polar surface area (TPSA) is 60.4 Å². The zero-order valence-corrected chi connectivity index (χ0v) is 8.99. The number of ketones is 2. The van der Waals surface area contributed by atoms with Crippen LogP contribution in [0.1, 0.15) is 6.92 Å². The lowest BCUT2D eigenvalue weighted by Gasteiger charge is -2.20. The highest BCUT2D eigenvalue weighted by molar-refractivity contribution is 6.50. The summed E-state index contributed by atoms with van der Waals surface area (Å²) >= 11 is 0. The molecule has 3 aliphatic rings. The van der Waals surface area contributed by atoms with Crippen LogP contribution in [0.5, 0.6) is 0 Å². The third-order valence-corrected chi connectivity index (χ3v) is 3.10. The molecule has 0 aromatic heterocycles. The number of nitrogens with zero attached hydrogens (tertiary/aromatic N) is 2. The van der Waals surface area contributed by atoms with Gasteiger partial charge in [-0.25, -0.2) is 0 Å². The van der Waals surface area contributed by atoms with Crippen molar-refractivity contribution in [3.8, 4) is 0 Å². The van der Waals surface area contributed by atoms with Crippen LogP contribution in [-0.4, -0.2) is 52.7 Å². The Bertz CT molecular complexity index is 424. The minimum Gasteiger partial charge on any atom is -0.505 e. The molecule has 0 aromatic rings. The van der Waals surface area contributed by atoms with E-state index in [1.807, 2.05) is 4.90 Å². The van der Waals surface area contributed by atoms with Crippen molar-refractivity contribution in [2.75, 3.05) is 26.2 Å². The molecule has 1 aliphatic carbocycles. The summed E-state index contributed by atoms with van der Waals surface area (Å²) in [5.74, 6) is -1.07. The van der Waals surface area contributed by atoms with Crippen molar-refractivity contribution in [2.45, 2.75) is 6.92 Å². The monoisotopic (exact) mass is 220 g/mol. The first kappa shape index (κ1) is 9.45. The molecule has 2 saturated heterocycles. The highest BCUT2D eigenvalue weighted by Crippen LogP contribution is 2.32. The van der Waals surface area contributed by atoms with E-state index in [9.17, 15) is 14.7 Å². The number of aliphatic hydroxyl groups excluding tert-OH is 1. The van der Waals surface area contributed by atoms with Crippen molar-refractivity contribution in [1.29, 1.82) is 0 Å². The van der Waals surface area contributed by atoms with Crippen LogP contribution >= 0.6 is 0 Å². The van der Waals surface area contributed by atoms with E-state index in [-0.39, 0.29) is 11.5 Å². The third-order valence-electron chi connectivity index (χ3n) is 3.10. The van der Waals surface area contributed by atoms with Crippen LogP contribution in [0.3, 0.4) is 0 Å². The molecule has 2 aliphatic heterocycles. The molecule has 0 saturated carbocycles. The van der Waals surface area contributed by atoms with Crippen molar-refractivity contribution in [3.63, 3.8) is 0 Å². The smallest absolute Gasteiger partial charge is 0.254 e. The second-order valence-electron chi connectivity index (χ2n) is 4.30. The molecule has 0 radical (unpaired) electrons. The van der Waals surface area contributed by atoms with Crippen molar-refractivity contribution in [3.05, 3.63) is 22.7 Å². The SMILES string of the molecule is CC1=C(N2CC2)C(=O)C(=O)C(N2CC2)=C1O. The highest BCUT2D eigenvalue weighted by Gasteiger charge is 2.42. The van der Waals surface area contributed by atoms with Crippen LogP contribution < -0.4 is 0 Å². The van der Waals surface area contributed by atoms with Crippen molar-refractivity contribution >= 4 is 11.6 Å². The quantitative estimate of drug-likeness (QED) is 0.397. The Labute approximate surface area is 92.6 Å². The number of hydrogen-bond donors (Lipinski definition) is 1. The molecule has 84 valence electrons. The molecule has 16 heavy (non-hydrogen) atoms. The molecule has 2 fully saturated rings. The average Bonchev–Trinajstić information content (AvgIpc) is 3.07. The van der Waals surface area contributed by atoms with Crippen molar-refractivity contribution in [1.82, 2.24) is 9.80 Å². The van der Waals surface area contributed by atoms with Crippen LogP contribution in [0, 0.1) is 0 Å². The van der Waals surface area contributed by atoms with Gasteiger partial charge in [-0.1, -0.05) is 0 Å². The average molecular weight is 220 g/mol. The number of hydrogen-bond acceptors (Lipinski definition) is 5. The largest absolute Gasteiger partial charge is 0.505 e. The molecule has 0 spiro atoms. The fraction of sp³-hybridized carbons (Fsp3) is 0.455. The first-order valence-electron chi connectivity index (χ1n) is 5.34. The van der Waals surface area contributed by atoms with E-state index in [1.54, 1.807) is 11.8 Å². The Morgan fingerprint density at radius 1 is 0.938 bits per heavy atom. The third kappa shape index (κ3) is 1.17. The first-order chi connectivity index (χ1) is 7.61. The normalized spacial score (nSPS) is 24.6. The van der Waals surface area contributed by atoms with Gasteiger partial charge < -0.3 is 14.9 Å². The van der Waals surface area contributed by atoms with Gasteiger partial charge >= 0.3 is 0 Å². The summed E-state index contributed by atoms with van der Waals surface area (Å²) < 4.78 is 0. The van der Waals surface area contributed by atoms with Crippen molar-refractivity contribution in [2.24, 2.45) is 0 Å². The van der Waals surface area contributed by atoms with Gasteiger partial charge in [0, 0.05) is 31.8 Å². The van der Waals surface area contributed by atoms with Gasteiger partial charge in [0.1, 0.15) is 11.5 Å². The Hall–Kier alpha value is -1.78. The van der Waals surface area contributed by atoms with Gasteiger partial charge in [-0.05, 0) is 6.92 Å². The maximum absolute atomic E-state index is 11.9. The van der Waals surface area contributed by atoms with E-state index < -0.39 is 11.6 Å². The summed E-state index contributed by atoms with van der Waals surface area (Å²) in [5.41, 5.74) is 1.10. The summed E-state index contributed by atoms with van der Waals surface area (Å²) in [5, 5.41) is 9.96. The number of Topliss-reactive ketones (excluding diaryl/α,β-unsaturated/α-hetero) is 2. The first-order valence-corrected chi connectivity index (χ1v) is 5.34. The van der Waals surface area contributed by atoms with E-state index in [0.29, 0.717) is 11.3 Å². The number of rotatable bonds is 2. The molecule has 0 aromatic carbocycles. The van der Waals surface area contributed by atoms with E-state index in [4.69, 9.17) is 0 Å². The molecule has 0 atom stereocenters. The van der Waals surface area contributed by atoms with Gasteiger partial charge in [-0.2, -0.15) is 0 Å². The maximum Gasteiger partial charge on any atom is 0.254 e. The van der Waals surface area contributed by atoms with Crippen molar-refractivity contribution < 1.29 is 14.7 Å². The molecule has 5 nitrogen and oxygen atoms in total.